The number of hydrogen-bond donors (Lipinski definition) is 1. The minimum atomic E-state index is 0.00149. The maximum absolute atomic E-state index is 6.32. The highest BCUT2D eigenvalue weighted by molar-refractivity contribution is 5.81. The lowest BCUT2D eigenvalue weighted by molar-refractivity contribution is 0.516. The van der Waals surface area contributed by atoms with Crippen molar-refractivity contribution in [3.05, 3.63) is 114 Å². The van der Waals surface area contributed by atoms with Crippen LogP contribution in [0.1, 0.15) is 22.8 Å². The van der Waals surface area contributed by atoms with Crippen molar-refractivity contribution in [1.29, 1.82) is 0 Å². The van der Waals surface area contributed by atoms with E-state index >= 15 is 0 Å². The molecular formula is C24H18N2O. The summed E-state index contributed by atoms with van der Waals surface area (Å²) in [5.41, 5.74) is 4.33. The van der Waals surface area contributed by atoms with Crippen molar-refractivity contribution in [2.45, 2.75) is 5.92 Å². The van der Waals surface area contributed by atoms with Gasteiger partial charge in [-0.1, -0.05) is 60.7 Å². The summed E-state index contributed by atoms with van der Waals surface area (Å²) in [6.45, 7) is 0. The van der Waals surface area contributed by atoms with Gasteiger partial charge in [-0.3, -0.25) is 0 Å². The molecule has 2 aromatic carbocycles. The molecule has 0 aliphatic carbocycles. The molecule has 0 aliphatic rings. The topological polar surface area (TPSA) is 41.8 Å². The van der Waals surface area contributed by atoms with Crippen LogP contribution in [-0.2, 0) is 0 Å². The zero-order valence-electron chi connectivity index (χ0n) is 14.7. The number of benzene rings is 2. The molecule has 0 fully saturated rings. The van der Waals surface area contributed by atoms with Crippen molar-refractivity contribution in [2.24, 2.45) is 0 Å². The number of hydrogen-bond acceptors (Lipinski definition) is 2. The van der Waals surface area contributed by atoms with Crippen LogP contribution in [0.4, 0.5) is 0 Å². The lowest BCUT2D eigenvalue weighted by Crippen LogP contribution is -2.01. The highest BCUT2D eigenvalue weighted by Crippen LogP contribution is 2.37. The first-order valence-corrected chi connectivity index (χ1v) is 9.02. The van der Waals surface area contributed by atoms with Gasteiger partial charge >= 0.3 is 0 Å². The minimum absolute atomic E-state index is 0.00149. The van der Waals surface area contributed by atoms with E-state index < -0.39 is 0 Å². The second-order valence-corrected chi connectivity index (χ2v) is 6.56. The van der Waals surface area contributed by atoms with Crippen LogP contribution in [0.3, 0.4) is 0 Å². The first-order chi connectivity index (χ1) is 13.4. The van der Waals surface area contributed by atoms with Crippen molar-refractivity contribution in [3.8, 4) is 11.3 Å². The van der Waals surface area contributed by atoms with E-state index in [1.165, 1.54) is 11.1 Å². The van der Waals surface area contributed by atoms with E-state index in [0.717, 1.165) is 28.1 Å². The summed E-state index contributed by atoms with van der Waals surface area (Å²) in [5, 5.41) is 1.11. The molecule has 0 bridgehead atoms. The number of pyridine rings is 1. The molecule has 5 aromatic rings. The van der Waals surface area contributed by atoms with E-state index in [1.54, 1.807) is 6.20 Å². The van der Waals surface area contributed by atoms with Crippen LogP contribution in [-0.4, -0.2) is 9.97 Å². The Balaban J connectivity index is 1.67. The third kappa shape index (κ3) is 2.83. The number of fused-ring (bicyclic) bond motifs is 1. The van der Waals surface area contributed by atoms with E-state index in [4.69, 9.17) is 4.42 Å². The Morgan fingerprint density at radius 3 is 2.37 bits per heavy atom. The average molecular weight is 350 g/mol. The van der Waals surface area contributed by atoms with Gasteiger partial charge in [-0.15, -0.1) is 0 Å². The zero-order chi connectivity index (χ0) is 18.1. The van der Waals surface area contributed by atoms with Gasteiger partial charge in [0.2, 0.25) is 0 Å². The SMILES string of the molecule is c1ccc(-c2ccc(C(c3ccccc3)c3c[nH]c4ncccc34)o2)cc1. The van der Waals surface area contributed by atoms with E-state index in [1.807, 2.05) is 42.6 Å². The zero-order valence-corrected chi connectivity index (χ0v) is 14.7. The number of aromatic nitrogens is 2. The van der Waals surface area contributed by atoms with Gasteiger partial charge in [0.05, 0.1) is 5.92 Å². The Morgan fingerprint density at radius 2 is 1.56 bits per heavy atom. The summed E-state index contributed by atoms with van der Waals surface area (Å²) in [6, 6.07) is 28.9. The van der Waals surface area contributed by atoms with Crippen LogP contribution in [0.5, 0.6) is 0 Å². The van der Waals surface area contributed by atoms with E-state index in [-0.39, 0.29) is 5.92 Å². The van der Waals surface area contributed by atoms with Gasteiger partial charge in [0.15, 0.2) is 0 Å². The molecule has 1 unspecified atom stereocenters. The Kier molecular flexibility index (Phi) is 3.83. The second kappa shape index (κ2) is 6.61. The molecule has 0 aliphatic heterocycles. The standard InChI is InChI=1S/C24H18N2O/c1-3-8-17(9-4-1)21-13-14-22(27-21)23(18-10-5-2-6-11-18)20-16-26-24-19(20)12-7-15-25-24/h1-16,23H,(H,25,26). The van der Waals surface area contributed by atoms with Crippen LogP contribution in [0.15, 0.2) is 102 Å². The molecule has 1 N–H and O–H groups in total. The monoisotopic (exact) mass is 350 g/mol. The molecule has 130 valence electrons. The maximum atomic E-state index is 6.32. The number of furan rings is 1. The van der Waals surface area contributed by atoms with Gasteiger partial charge in [-0.05, 0) is 35.4 Å². The van der Waals surface area contributed by atoms with Crippen molar-refractivity contribution in [2.75, 3.05) is 0 Å². The fourth-order valence-corrected chi connectivity index (χ4v) is 3.62. The van der Waals surface area contributed by atoms with E-state index in [0.29, 0.717) is 0 Å². The largest absolute Gasteiger partial charge is 0.460 e. The Bertz CT molecular complexity index is 1170. The molecule has 0 saturated heterocycles. The highest BCUT2D eigenvalue weighted by Gasteiger charge is 2.23. The summed E-state index contributed by atoms with van der Waals surface area (Å²) in [4.78, 5) is 7.73. The molecule has 0 amide bonds. The number of nitrogens with one attached hydrogen (secondary N) is 1. The first kappa shape index (κ1) is 15.6. The fourth-order valence-electron chi connectivity index (χ4n) is 3.62. The van der Waals surface area contributed by atoms with Gasteiger partial charge in [0.25, 0.3) is 0 Å². The summed E-state index contributed by atoms with van der Waals surface area (Å²) < 4.78 is 6.32. The van der Waals surface area contributed by atoms with Crippen molar-refractivity contribution in [1.82, 2.24) is 9.97 Å². The molecule has 3 heterocycles. The maximum Gasteiger partial charge on any atom is 0.137 e. The lowest BCUT2D eigenvalue weighted by atomic mass is 9.89. The van der Waals surface area contributed by atoms with Crippen LogP contribution in [0.25, 0.3) is 22.4 Å². The number of H-pyrrole nitrogens is 1. The molecule has 1 atom stereocenters. The van der Waals surface area contributed by atoms with Crippen molar-refractivity contribution >= 4 is 11.0 Å². The van der Waals surface area contributed by atoms with Crippen molar-refractivity contribution in [3.63, 3.8) is 0 Å². The summed E-state index contributed by atoms with van der Waals surface area (Å²) in [5.74, 6) is 1.80. The van der Waals surface area contributed by atoms with Gasteiger partial charge in [0.1, 0.15) is 17.2 Å². The second-order valence-electron chi connectivity index (χ2n) is 6.56. The summed E-state index contributed by atoms with van der Waals surface area (Å²) in [7, 11) is 0. The Labute approximate surface area is 157 Å². The minimum Gasteiger partial charge on any atom is -0.460 e. The predicted molar refractivity (Wildman–Crippen MR) is 108 cm³/mol. The van der Waals surface area contributed by atoms with Gasteiger partial charge in [-0.2, -0.15) is 0 Å². The third-order valence-corrected chi connectivity index (χ3v) is 4.90. The Morgan fingerprint density at radius 1 is 0.778 bits per heavy atom. The first-order valence-electron chi connectivity index (χ1n) is 9.02. The van der Waals surface area contributed by atoms with Gasteiger partial charge in [0, 0.05) is 23.3 Å². The molecule has 3 heteroatoms. The van der Waals surface area contributed by atoms with Crippen LogP contribution in [0.2, 0.25) is 0 Å². The predicted octanol–water partition coefficient (Wildman–Crippen LogP) is 6.00. The molecule has 3 nitrogen and oxygen atoms in total. The normalized spacial score (nSPS) is 12.3. The molecular weight excluding hydrogens is 332 g/mol. The smallest absolute Gasteiger partial charge is 0.137 e. The summed E-state index contributed by atoms with van der Waals surface area (Å²) >= 11 is 0. The molecule has 0 spiro atoms. The number of nitrogens with zero attached hydrogens (tertiary/aromatic N) is 1. The lowest BCUT2D eigenvalue weighted by Gasteiger charge is -2.15. The fraction of sp³-hybridized carbons (Fsp3) is 0.0417. The third-order valence-electron chi connectivity index (χ3n) is 4.90. The van der Waals surface area contributed by atoms with Gasteiger partial charge in [-0.25, -0.2) is 4.98 Å². The quantitative estimate of drug-likeness (QED) is 0.432. The summed E-state index contributed by atoms with van der Waals surface area (Å²) in [6.07, 6.45) is 3.85. The molecule has 0 radical (unpaired) electrons. The van der Waals surface area contributed by atoms with E-state index in [9.17, 15) is 0 Å². The van der Waals surface area contributed by atoms with Gasteiger partial charge < -0.3 is 9.40 Å². The molecule has 27 heavy (non-hydrogen) atoms. The van der Waals surface area contributed by atoms with Crippen LogP contribution in [0, 0.1) is 0 Å². The number of aromatic amines is 1. The Hall–Kier alpha value is -3.59. The molecule has 3 aromatic heterocycles. The van der Waals surface area contributed by atoms with Crippen LogP contribution < -0.4 is 0 Å². The molecule has 0 saturated carbocycles. The molecule has 5 rings (SSSR count). The van der Waals surface area contributed by atoms with Crippen molar-refractivity contribution < 1.29 is 4.42 Å². The van der Waals surface area contributed by atoms with Crippen LogP contribution >= 0.6 is 0 Å². The average Bonchev–Trinajstić information content (AvgIpc) is 3.38. The van der Waals surface area contributed by atoms with E-state index in [2.05, 4.69) is 58.5 Å². The highest BCUT2D eigenvalue weighted by atomic mass is 16.3. The number of rotatable bonds is 4.